The van der Waals surface area contributed by atoms with Gasteiger partial charge in [-0.2, -0.15) is 4.98 Å². The first kappa shape index (κ1) is 20.7. The highest BCUT2D eigenvalue weighted by atomic mass is 16.5. The van der Waals surface area contributed by atoms with Gasteiger partial charge in [-0.1, -0.05) is 5.16 Å². The van der Waals surface area contributed by atoms with Crippen molar-refractivity contribution in [1.29, 1.82) is 0 Å². The van der Waals surface area contributed by atoms with Crippen LogP contribution in [0.15, 0.2) is 47.0 Å². The molecule has 1 aliphatic heterocycles. The molecule has 0 saturated carbocycles. The molecule has 0 spiro atoms. The van der Waals surface area contributed by atoms with Gasteiger partial charge in [0.25, 0.3) is 0 Å². The summed E-state index contributed by atoms with van der Waals surface area (Å²) >= 11 is 0. The molecule has 2 aromatic carbocycles. The lowest BCUT2D eigenvalue weighted by Crippen LogP contribution is -2.17. The van der Waals surface area contributed by atoms with Crippen molar-refractivity contribution < 1.29 is 18.8 Å². The number of aryl methyl sites for hydroxylation is 1. The van der Waals surface area contributed by atoms with Crippen LogP contribution in [0.1, 0.15) is 25.2 Å². The van der Waals surface area contributed by atoms with Gasteiger partial charge in [0.2, 0.25) is 17.6 Å². The third-order valence-corrected chi connectivity index (χ3v) is 5.30. The van der Waals surface area contributed by atoms with Crippen molar-refractivity contribution >= 4 is 17.3 Å². The van der Waals surface area contributed by atoms with Crippen LogP contribution < -0.4 is 19.7 Å². The van der Waals surface area contributed by atoms with Crippen molar-refractivity contribution in [3.8, 4) is 22.9 Å². The monoisotopic (exact) mass is 422 g/mol. The number of aromatic nitrogens is 2. The second-order valence-electron chi connectivity index (χ2n) is 7.37. The molecule has 1 aliphatic rings. The molecule has 8 heteroatoms. The average Bonchev–Trinajstić information content (AvgIpc) is 3.50. The molecule has 1 aromatic heterocycles. The van der Waals surface area contributed by atoms with E-state index in [9.17, 15) is 4.79 Å². The summed E-state index contributed by atoms with van der Waals surface area (Å²) in [5, 5.41) is 6.90. The highest BCUT2D eigenvalue weighted by Crippen LogP contribution is 2.30. The van der Waals surface area contributed by atoms with E-state index in [4.69, 9.17) is 14.0 Å². The predicted octanol–water partition coefficient (Wildman–Crippen LogP) is 3.93. The van der Waals surface area contributed by atoms with Crippen molar-refractivity contribution in [2.45, 2.75) is 25.7 Å². The molecule has 31 heavy (non-hydrogen) atoms. The lowest BCUT2D eigenvalue weighted by molar-refractivity contribution is -0.116. The summed E-state index contributed by atoms with van der Waals surface area (Å²) in [4.78, 5) is 19.1. The van der Waals surface area contributed by atoms with E-state index in [1.54, 1.807) is 32.4 Å². The fraction of sp³-hybridized carbons (Fsp3) is 0.348. The zero-order chi connectivity index (χ0) is 21.6. The zero-order valence-corrected chi connectivity index (χ0v) is 17.8. The van der Waals surface area contributed by atoms with E-state index in [0.717, 1.165) is 18.7 Å². The van der Waals surface area contributed by atoms with E-state index in [0.29, 0.717) is 35.3 Å². The van der Waals surface area contributed by atoms with E-state index in [2.05, 4.69) is 32.5 Å². The summed E-state index contributed by atoms with van der Waals surface area (Å²) in [6.45, 7) is 2.22. The molecule has 0 aliphatic carbocycles. The standard InChI is InChI=1S/C23H26N4O4/c1-29-19-10-7-17(15-20(19)30-2)24-21(28)11-12-22-25-23(26-31-22)16-5-8-18(9-6-16)27-13-3-4-14-27/h5-10,15H,3-4,11-14H2,1-2H3,(H,24,28). The summed E-state index contributed by atoms with van der Waals surface area (Å²) in [5.41, 5.74) is 2.75. The highest BCUT2D eigenvalue weighted by molar-refractivity contribution is 5.91. The van der Waals surface area contributed by atoms with Crippen LogP contribution in [0.4, 0.5) is 11.4 Å². The molecule has 162 valence electrons. The third kappa shape index (κ3) is 4.96. The second kappa shape index (κ2) is 9.51. The maximum Gasteiger partial charge on any atom is 0.227 e. The van der Waals surface area contributed by atoms with E-state index in [-0.39, 0.29) is 12.3 Å². The third-order valence-electron chi connectivity index (χ3n) is 5.30. The van der Waals surface area contributed by atoms with Crippen LogP contribution >= 0.6 is 0 Å². The van der Waals surface area contributed by atoms with Gasteiger partial charge in [0.1, 0.15) is 0 Å². The number of amides is 1. The van der Waals surface area contributed by atoms with Crippen molar-refractivity contribution in [2.24, 2.45) is 0 Å². The Bertz CT molecular complexity index is 1030. The lowest BCUT2D eigenvalue weighted by Gasteiger charge is -2.17. The molecular formula is C23H26N4O4. The molecule has 1 saturated heterocycles. The summed E-state index contributed by atoms with van der Waals surface area (Å²) in [7, 11) is 3.12. The van der Waals surface area contributed by atoms with Gasteiger partial charge < -0.3 is 24.2 Å². The first-order valence-corrected chi connectivity index (χ1v) is 10.4. The number of hydrogen-bond donors (Lipinski definition) is 1. The van der Waals surface area contributed by atoms with Crippen molar-refractivity contribution in [3.63, 3.8) is 0 Å². The zero-order valence-electron chi connectivity index (χ0n) is 17.8. The van der Waals surface area contributed by atoms with Crippen molar-refractivity contribution in [3.05, 3.63) is 48.4 Å². The Labute approximate surface area is 181 Å². The van der Waals surface area contributed by atoms with Crippen LogP contribution in [0.3, 0.4) is 0 Å². The summed E-state index contributed by atoms with van der Waals surface area (Å²) in [6.07, 6.45) is 3.08. The first-order valence-electron chi connectivity index (χ1n) is 10.4. The number of anilines is 2. The Morgan fingerprint density at radius 3 is 2.52 bits per heavy atom. The lowest BCUT2D eigenvalue weighted by atomic mass is 10.2. The maximum atomic E-state index is 12.3. The SMILES string of the molecule is COc1ccc(NC(=O)CCc2nc(-c3ccc(N4CCCC4)cc3)no2)cc1OC. The normalized spacial score (nSPS) is 13.3. The molecule has 3 aromatic rings. The summed E-state index contributed by atoms with van der Waals surface area (Å²) in [5.74, 6) is 1.97. The second-order valence-corrected chi connectivity index (χ2v) is 7.37. The molecule has 0 radical (unpaired) electrons. The minimum absolute atomic E-state index is 0.151. The number of rotatable bonds is 8. The topological polar surface area (TPSA) is 89.7 Å². The average molecular weight is 422 g/mol. The van der Waals surface area contributed by atoms with Crippen LogP contribution in [0.5, 0.6) is 11.5 Å². The Kier molecular flexibility index (Phi) is 6.35. The van der Waals surface area contributed by atoms with Gasteiger partial charge in [-0.25, -0.2) is 0 Å². The van der Waals surface area contributed by atoms with Gasteiger partial charge in [0, 0.05) is 48.9 Å². The Morgan fingerprint density at radius 2 is 1.81 bits per heavy atom. The molecule has 2 heterocycles. The molecular weight excluding hydrogens is 396 g/mol. The predicted molar refractivity (Wildman–Crippen MR) is 118 cm³/mol. The number of carbonyl (C=O) groups excluding carboxylic acids is 1. The molecule has 4 rings (SSSR count). The number of carbonyl (C=O) groups is 1. The fourth-order valence-electron chi connectivity index (χ4n) is 3.63. The van der Waals surface area contributed by atoms with E-state index in [1.807, 2.05) is 12.1 Å². The number of ether oxygens (including phenoxy) is 2. The smallest absolute Gasteiger partial charge is 0.227 e. The van der Waals surface area contributed by atoms with Gasteiger partial charge in [-0.05, 0) is 49.2 Å². The highest BCUT2D eigenvalue weighted by Gasteiger charge is 2.14. The van der Waals surface area contributed by atoms with E-state index >= 15 is 0 Å². The molecule has 0 bridgehead atoms. The van der Waals surface area contributed by atoms with Gasteiger partial charge in [0.15, 0.2) is 11.5 Å². The quantitative estimate of drug-likeness (QED) is 0.588. The van der Waals surface area contributed by atoms with Gasteiger partial charge in [0.05, 0.1) is 14.2 Å². The molecule has 1 fully saturated rings. The van der Waals surface area contributed by atoms with Crippen molar-refractivity contribution in [2.75, 3.05) is 37.5 Å². The summed E-state index contributed by atoms with van der Waals surface area (Å²) in [6, 6.07) is 13.4. The first-order chi connectivity index (χ1) is 15.2. The van der Waals surface area contributed by atoms with Crippen LogP contribution in [-0.2, 0) is 11.2 Å². The largest absolute Gasteiger partial charge is 0.493 e. The van der Waals surface area contributed by atoms with Gasteiger partial charge in [-0.15, -0.1) is 0 Å². The Morgan fingerprint density at radius 1 is 1.06 bits per heavy atom. The summed E-state index contributed by atoms with van der Waals surface area (Å²) < 4.78 is 15.8. The van der Waals surface area contributed by atoms with Crippen LogP contribution in [0.25, 0.3) is 11.4 Å². The Balaban J connectivity index is 1.32. The van der Waals surface area contributed by atoms with Crippen molar-refractivity contribution in [1.82, 2.24) is 10.1 Å². The van der Waals surface area contributed by atoms with E-state index in [1.165, 1.54) is 18.5 Å². The molecule has 0 atom stereocenters. The molecule has 1 N–H and O–H groups in total. The minimum Gasteiger partial charge on any atom is -0.493 e. The Hall–Kier alpha value is -3.55. The number of nitrogens with zero attached hydrogens (tertiary/aromatic N) is 3. The van der Waals surface area contributed by atoms with Gasteiger partial charge >= 0.3 is 0 Å². The number of nitrogens with one attached hydrogen (secondary N) is 1. The number of benzene rings is 2. The van der Waals surface area contributed by atoms with Crippen LogP contribution in [0, 0.1) is 0 Å². The van der Waals surface area contributed by atoms with Crippen LogP contribution in [0.2, 0.25) is 0 Å². The fourth-order valence-corrected chi connectivity index (χ4v) is 3.63. The molecule has 8 nitrogen and oxygen atoms in total. The van der Waals surface area contributed by atoms with E-state index < -0.39 is 0 Å². The maximum absolute atomic E-state index is 12.3. The van der Waals surface area contributed by atoms with Crippen LogP contribution in [-0.4, -0.2) is 43.4 Å². The van der Waals surface area contributed by atoms with Gasteiger partial charge in [-0.3, -0.25) is 4.79 Å². The molecule has 0 unspecified atom stereocenters. The number of hydrogen-bond acceptors (Lipinski definition) is 7. The minimum atomic E-state index is -0.151. The number of methoxy groups -OCH3 is 2. The molecule has 1 amide bonds.